The Morgan fingerprint density at radius 2 is 1.85 bits per heavy atom. The Hall–Kier alpha value is -3.43. The molecule has 5 rings (SSSR count). The molecule has 3 N–H and O–H groups in total. The molecule has 10 nitrogen and oxygen atoms in total. The summed E-state index contributed by atoms with van der Waals surface area (Å²) in [5.41, 5.74) is 2.45. The monoisotopic (exact) mass is 534 g/mol. The van der Waals surface area contributed by atoms with Gasteiger partial charge in [0.1, 0.15) is 11.4 Å². The fourth-order valence-electron chi connectivity index (χ4n) is 5.08. The number of nitrogens with one attached hydrogen (secondary N) is 3. The summed E-state index contributed by atoms with van der Waals surface area (Å²) in [4.78, 5) is 30.2. The number of rotatable bonds is 13. The van der Waals surface area contributed by atoms with E-state index in [4.69, 9.17) is 20.1 Å². The standard InChI is InChI=1S/C29H42N8O2/c1-4-23(5-2)32-27-24(16-30)33-29(37-14-12-36(13-15-37)19(3)38)35-28(27)34-26(21-8-9-21)22-10-11-25(31-17-22)39-18-20-6-7-20/h10-11,16-17,20-21,23,26,30,32H,4-9,12-15,18H2,1-3H3,(H,33,34,35). The van der Waals surface area contributed by atoms with E-state index in [9.17, 15) is 4.79 Å². The van der Waals surface area contributed by atoms with Gasteiger partial charge in [-0.15, -0.1) is 0 Å². The third-order valence-electron chi connectivity index (χ3n) is 8.07. The van der Waals surface area contributed by atoms with Gasteiger partial charge in [-0.25, -0.2) is 9.97 Å². The highest BCUT2D eigenvalue weighted by molar-refractivity contribution is 5.89. The van der Waals surface area contributed by atoms with E-state index in [1.165, 1.54) is 19.1 Å². The first-order valence-electron chi connectivity index (χ1n) is 14.5. The molecular formula is C29H42N8O2. The van der Waals surface area contributed by atoms with Crippen LogP contribution in [0, 0.1) is 17.2 Å². The van der Waals surface area contributed by atoms with Crippen molar-refractivity contribution in [2.24, 2.45) is 11.8 Å². The van der Waals surface area contributed by atoms with Crippen molar-refractivity contribution in [1.29, 1.82) is 5.41 Å². The molecular weight excluding hydrogens is 492 g/mol. The van der Waals surface area contributed by atoms with Gasteiger partial charge in [0.05, 0.1) is 12.6 Å². The number of hydrogen-bond acceptors (Lipinski definition) is 9. The summed E-state index contributed by atoms with van der Waals surface area (Å²) in [5, 5.41) is 15.6. The molecule has 1 unspecified atom stereocenters. The van der Waals surface area contributed by atoms with E-state index in [0.717, 1.165) is 43.5 Å². The van der Waals surface area contributed by atoms with E-state index in [1.807, 2.05) is 17.2 Å². The van der Waals surface area contributed by atoms with Gasteiger partial charge in [-0.2, -0.15) is 4.98 Å². The largest absolute Gasteiger partial charge is 0.477 e. The summed E-state index contributed by atoms with van der Waals surface area (Å²) in [6.07, 6.45) is 9.96. The van der Waals surface area contributed by atoms with Crippen LogP contribution in [0.5, 0.6) is 5.88 Å². The minimum Gasteiger partial charge on any atom is -0.477 e. The number of pyridine rings is 1. The number of piperazine rings is 1. The van der Waals surface area contributed by atoms with Gasteiger partial charge < -0.3 is 30.6 Å². The van der Waals surface area contributed by atoms with Gasteiger partial charge in [0.25, 0.3) is 0 Å². The van der Waals surface area contributed by atoms with Crippen molar-refractivity contribution in [3.05, 3.63) is 29.6 Å². The number of nitrogens with zero attached hydrogens (tertiary/aromatic N) is 5. The molecule has 1 atom stereocenters. The van der Waals surface area contributed by atoms with Gasteiger partial charge in [-0.1, -0.05) is 19.9 Å². The van der Waals surface area contributed by atoms with E-state index in [2.05, 4.69) is 40.4 Å². The summed E-state index contributed by atoms with van der Waals surface area (Å²) >= 11 is 0. The van der Waals surface area contributed by atoms with Crippen molar-refractivity contribution < 1.29 is 9.53 Å². The lowest BCUT2D eigenvalue weighted by atomic mass is 10.0. The summed E-state index contributed by atoms with van der Waals surface area (Å²) < 4.78 is 5.86. The van der Waals surface area contributed by atoms with Crippen LogP contribution in [0.15, 0.2) is 18.3 Å². The molecule has 1 saturated heterocycles. The third kappa shape index (κ3) is 6.78. The molecule has 0 bridgehead atoms. The lowest BCUT2D eigenvalue weighted by Gasteiger charge is -2.35. The Labute approximate surface area is 231 Å². The van der Waals surface area contributed by atoms with Crippen LogP contribution in [0.3, 0.4) is 0 Å². The number of carbonyl (C=O) groups excluding carboxylic acids is 1. The van der Waals surface area contributed by atoms with Crippen LogP contribution in [0.25, 0.3) is 0 Å². The van der Waals surface area contributed by atoms with E-state index >= 15 is 0 Å². The van der Waals surface area contributed by atoms with Crippen molar-refractivity contribution in [3.8, 4) is 5.88 Å². The van der Waals surface area contributed by atoms with Gasteiger partial charge in [0.15, 0.2) is 5.82 Å². The van der Waals surface area contributed by atoms with E-state index < -0.39 is 0 Å². The van der Waals surface area contributed by atoms with E-state index in [-0.39, 0.29) is 18.0 Å². The number of aromatic nitrogens is 3. The van der Waals surface area contributed by atoms with Crippen LogP contribution in [0.4, 0.5) is 17.5 Å². The zero-order valence-electron chi connectivity index (χ0n) is 23.4. The lowest BCUT2D eigenvalue weighted by Crippen LogP contribution is -2.48. The summed E-state index contributed by atoms with van der Waals surface area (Å²) in [6, 6.07) is 4.39. The second kappa shape index (κ2) is 12.2. The molecule has 1 aliphatic heterocycles. The fourth-order valence-corrected chi connectivity index (χ4v) is 5.08. The fraction of sp³-hybridized carbons (Fsp3) is 0.621. The normalized spacial score (nSPS) is 18.2. The maximum Gasteiger partial charge on any atom is 0.228 e. The quantitative estimate of drug-likeness (QED) is 0.322. The van der Waals surface area contributed by atoms with Crippen molar-refractivity contribution in [1.82, 2.24) is 19.9 Å². The molecule has 2 aromatic rings. The second-order valence-corrected chi connectivity index (χ2v) is 11.1. The van der Waals surface area contributed by atoms with Crippen LogP contribution in [0.1, 0.15) is 76.6 Å². The minimum atomic E-state index is 0.0492. The SMILES string of the molecule is CCC(CC)Nc1c(C=N)nc(N2CCN(C(C)=O)CC2)nc1NC(c1ccc(OCC2CC2)nc1)C1CC1. The smallest absolute Gasteiger partial charge is 0.228 e. The van der Waals surface area contributed by atoms with Crippen molar-refractivity contribution >= 4 is 29.6 Å². The Morgan fingerprint density at radius 3 is 2.41 bits per heavy atom. The molecule has 0 aromatic carbocycles. The summed E-state index contributed by atoms with van der Waals surface area (Å²) in [5.74, 6) is 3.25. The topological polar surface area (TPSA) is 119 Å². The Kier molecular flexibility index (Phi) is 8.47. The van der Waals surface area contributed by atoms with Crippen LogP contribution in [0.2, 0.25) is 0 Å². The van der Waals surface area contributed by atoms with Crippen molar-refractivity contribution in [2.75, 3.05) is 48.3 Å². The molecule has 210 valence electrons. The van der Waals surface area contributed by atoms with Gasteiger partial charge in [0.2, 0.25) is 17.7 Å². The molecule has 3 fully saturated rings. The number of anilines is 3. The summed E-state index contributed by atoms with van der Waals surface area (Å²) in [7, 11) is 0. The van der Waals surface area contributed by atoms with Gasteiger partial charge in [0, 0.05) is 57.6 Å². The van der Waals surface area contributed by atoms with Gasteiger partial charge in [-0.05, 0) is 55.9 Å². The minimum absolute atomic E-state index is 0.0492. The Balaban J connectivity index is 1.43. The van der Waals surface area contributed by atoms with Gasteiger partial charge >= 0.3 is 0 Å². The van der Waals surface area contributed by atoms with Crippen LogP contribution >= 0.6 is 0 Å². The number of hydrogen-bond donors (Lipinski definition) is 3. The maximum atomic E-state index is 11.8. The van der Waals surface area contributed by atoms with Crippen molar-refractivity contribution in [2.45, 2.75) is 71.4 Å². The highest BCUT2D eigenvalue weighted by Crippen LogP contribution is 2.44. The lowest BCUT2D eigenvalue weighted by molar-refractivity contribution is -0.129. The zero-order valence-corrected chi connectivity index (χ0v) is 23.4. The molecule has 1 amide bonds. The number of ether oxygens (including phenoxy) is 1. The van der Waals surface area contributed by atoms with Crippen molar-refractivity contribution in [3.63, 3.8) is 0 Å². The molecule has 2 saturated carbocycles. The first kappa shape index (κ1) is 27.1. The molecule has 39 heavy (non-hydrogen) atoms. The number of carbonyl (C=O) groups is 1. The van der Waals surface area contributed by atoms with Crippen LogP contribution < -0.4 is 20.3 Å². The predicted molar refractivity (Wildman–Crippen MR) is 154 cm³/mol. The van der Waals surface area contributed by atoms with E-state index in [0.29, 0.717) is 61.4 Å². The average molecular weight is 535 g/mol. The molecule has 0 spiro atoms. The van der Waals surface area contributed by atoms with Gasteiger partial charge in [-0.3, -0.25) is 4.79 Å². The first-order chi connectivity index (χ1) is 19.0. The molecule has 3 aliphatic rings. The van der Waals surface area contributed by atoms with Crippen LogP contribution in [-0.2, 0) is 4.79 Å². The zero-order chi connectivity index (χ0) is 27.4. The summed E-state index contributed by atoms with van der Waals surface area (Å²) in [6.45, 7) is 9.28. The maximum absolute atomic E-state index is 11.8. The van der Waals surface area contributed by atoms with Crippen LogP contribution in [-0.4, -0.2) is 70.8 Å². The molecule has 0 radical (unpaired) electrons. The second-order valence-electron chi connectivity index (χ2n) is 11.1. The predicted octanol–water partition coefficient (Wildman–Crippen LogP) is 4.49. The van der Waals surface area contributed by atoms with E-state index in [1.54, 1.807) is 6.92 Å². The third-order valence-corrected chi connectivity index (χ3v) is 8.07. The molecule has 3 heterocycles. The first-order valence-corrected chi connectivity index (χ1v) is 14.5. The molecule has 10 heteroatoms. The number of amides is 1. The highest BCUT2D eigenvalue weighted by Gasteiger charge is 2.34. The molecule has 2 aliphatic carbocycles. The highest BCUT2D eigenvalue weighted by atomic mass is 16.5. The molecule has 2 aromatic heterocycles. The Morgan fingerprint density at radius 1 is 1.10 bits per heavy atom. The average Bonchev–Trinajstić information content (AvgIpc) is 3.89. The Bertz CT molecular complexity index is 1140.